The summed E-state index contributed by atoms with van der Waals surface area (Å²) in [6.07, 6.45) is 2.61. The SMILES string of the molecule is CC(C)NC(=O)CNCS(=O)(=O)c1cnccc1N. The maximum absolute atomic E-state index is 11.9. The molecular formula is C11H18N4O3S. The molecule has 7 nitrogen and oxygen atoms in total. The predicted molar refractivity (Wildman–Crippen MR) is 72.0 cm³/mol. The van der Waals surface area contributed by atoms with E-state index in [-0.39, 0.29) is 35.0 Å². The van der Waals surface area contributed by atoms with Crippen LogP contribution in [0, 0.1) is 0 Å². The van der Waals surface area contributed by atoms with E-state index in [0.29, 0.717) is 0 Å². The first-order chi connectivity index (χ1) is 8.83. The van der Waals surface area contributed by atoms with E-state index >= 15 is 0 Å². The van der Waals surface area contributed by atoms with Crippen molar-refractivity contribution in [3.63, 3.8) is 0 Å². The number of nitrogens with zero attached hydrogens (tertiary/aromatic N) is 1. The monoisotopic (exact) mass is 286 g/mol. The van der Waals surface area contributed by atoms with Crippen molar-refractivity contribution in [1.82, 2.24) is 15.6 Å². The van der Waals surface area contributed by atoms with E-state index in [1.54, 1.807) is 0 Å². The van der Waals surface area contributed by atoms with Crippen molar-refractivity contribution in [2.75, 3.05) is 18.2 Å². The fraction of sp³-hybridized carbons (Fsp3) is 0.455. The van der Waals surface area contributed by atoms with Gasteiger partial charge in [0.05, 0.1) is 12.2 Å². The number of anilines is 1. The number of sulfone groups is 1. The van der Waals surface area contributed by atoms with Gasteiger partial charge in [-0.15, -0.1) is 0 Å². The summed E-state index contributed by atoms with van der Waals surface area (Å²) < 4.78 is 23.9. The van der Waals surface area contributed by atoms with Gasteiger partial charge in [-0.25, -0.2) is 8.42 Å². The molecule has 1 rings (SSSR count). The normalized spacial score (nSPS) is 11.5. The first kappa shape index (κ1) is 15.4. The van der Waals surface area contributed by atoms with Crippen molar-refractivity contribution < 1.29 is 13.2 Å². The van der Waals surface area contributed by atoms with Crippen molar-refractivity contribution in [2.24, 2.45) is 0 Å². The second-order valence-corrected chi connectivity index (χ2v) is 6.28. The van der Waals surface area contributed by atoms with E-state index < -0.39 is 9.84 Å². The Hall–Kier alpha value is -1.67. The molecule has 0 fully saturated rings. The van der Waals surface area contributed by atoms with Crippen LogP contribution in [0.25, 0.3) is 0 Å². The van der Waals surface area contributed by atoms with Crippen LogP contribution >= 0.6 is 0 Å². The van der Waals surface area contributed by atoms with E-state index in [1.165, 1.54) is 18.5 Å². The summed E-state index contributed by atoms with van der Waals surface area (Å²) in [5, 5.41) is 5.22. The van der Waals surface area contributed by atoms with Crippen molar-refractivity contribution in [3.8, 4) is 0 Å². The van der Waals surface area contributed by atoms with Crippen LogP contribution in [0.1, 0.15) is 13.8 Å². The summed E-state index contributed by atoms with van der Waals surface area (Å²) in [5.74, 6) is -0.627. The average molecular weight is 286 g/mol. The lowest BCUT2D eigenvalue weighted by atomic mass is 10.4. The number of nitrogen functional groups attached to an aromatic ring is 1. The van der Waals surface area contributed by atoms with Gasteiger partial charge in [0.25, 0.3) is 0 Å². The molecule has 0 aromatic carbocycles. The summed E-state index contributed by atoms with van der Waals surface area (Å²) in [6, 6.07) is 1.43. The van der Waals surface area contributed by atoms with Crippen molar-refractivity contribution in [1.29, 1.82) is 0 Å². The third kappa shape index (κ3) is 4.84. The van der Waals surface area contributed by atoms with Crippen molar-refractivity contribution in [2.45, 2.75) is 24.8 Å². The van der Waals surface area contributed by atoms with Crippen LogP contribution in [-0.4, -0.2) is 37.8 Å². The lowest BCUT2D eigenvalue weighted by Gasteiger charge is -2.10. The number of carbonyl (C=O) groups is 1. The summed E-state index contributed by atoms with van der Waals surface area (Å²) in [5.41, 5.74) is 5.72. The highest BCUT2D eigenvalue weighted by Gasteiger charge is 2.17. The van der Waals surface area contributed by atoms with Crippen LogP contribution in [0.5, 0.6) is 0 Å². The number of amides is 1. The van der Waals surface area contributed by atoms with Gasteiger partial charge in [-0.1, -0.05) is 0 Å². The molecule has 1 aromatic heterocycles. The zero-order valence-electron chi connectivity index (χ0n) is 10.9. The van der Waals surface area contributed by atoms with Gasteiger partial charge in [0, 0.05) is 18.4 Å². The third-order valence-corrected chi connectivity index (χ3v) is 3.77. The van der Waals surface area contributed by atoms with Crippen LogP contribution in [0.4, 0.5) is 5.69 Å². The molecule has 1 amide bonds. The maximum Gasteiger partial charge on any atom is 0.234 e. The Labute approximate surface area is 112 Å². The van der Waals surface area contributed by atoms with E-state index in [0.717, 1.165) is 0 Å². The van der Waals surface area contributed by atoms with Gasteiger partial charge in [0.1, 0.15) is 10.8 Å². The quantitative estimate of drug-likeness (QED) is 0.650. The number of carbonyl (C=O) groups excluding carboxylic acids is 1. The highest BCUT2D eigenvalue weighted by molar-refractivity contribution is 7.91. The molecule has 0 saturated heterocycles. The van der Waals surface area contributed by atoms with Gasteiger partial charge in [-0.05, 0) is 19.9 Å². The van der Waals surface area contributed by atoms with E-state index in [1.807, 2.05) is 13.8 Å². The smallest absolute Gasteiger partial charge is 0.234 e. The number of nitrogens with two attached hydrogens (primary N) is 1. The molecule has 106 valence electrons. The highest BCUT2D eigenvalue weighted by Crippen LogP contribution is 2.16. The van der Waals surface area contributed by atoms with Crippen LogP contribution in [0.3, 0.4) is 0 Å². The van der Waals surface area contributed by atoms with Crippen molar-refractivity contribution in [3.05, 3.63) is 18.5 Å². The molecule has 0 unspecified atom stereocenters. The maximum atomic E-state index is 11.9. The Bertz CT molecular complexity index is 543. The van der Waals surface area contributed by atoms with Crippen LogP contribution in [0.15, 0.2) is 23.4 Å². The molecule has 1 heterocycles. The van der Waals surface area contributed by atoms with Crippen LogP contribution in [0.2, 0.25) is 0 Å². The second kappa shape index (κ2) is 6.48. The van der Waals surface area contributed by atoms with E-state index in [4.69, 9.17) is 5.73 Å². The fourth-order valence-corrected chi connectivity index (χ4v) is 2.58. The molecule has 0 atom stereocenters. The zero-order valence-corrected chi connectivity index (χ0v) is 11.7. The lowest BCUT2D eigenvalue weighted by Crippen LogP contribution is -2.39. The predicted octanol–water partition coefficient (Wildman–Crippen LogP) is -0.491. The Morgan fingerprint density at radius 3 is 2.74 bits per heavy atom. The molecular weight excluding hydrogens is 268 g/mol. The first-order valence-corrected chi connectivity index (χ1v) is 7.40. The summed E-state index contributed by atoms with van der Waals surface area (Å²) in [4.78, 5) is 15.0. The minimum absolute atomic E-state index is 0.0138. The number of nitrogens with one attached hydrogen (secondary N) is 2. The van der Waals surface area contributed by atoms with Gasteiger partial charge in [-0.2, -0.15) is 0 Å². The fourth-order valence-electron chi connectivity index (χ4n) is 1.40. The number of hydrogen-bond donors (Lipinski definition) is 3. The molecule has 0 radical (unpaired) electrons. The van der Waals surface area contributed by atoms with Gasteiger partial charge in [0.2, 0.25) is 5.91 Å². The Morgan fingerprint density at radius 2 is 2.16 bits per heavy atom. The molecule has 8 heteroatoms. The molecule has 19 heavy (non-hydrogen) atoms. The molecule has 0 saturated carbocycles. The molecule has 0 spiro atoms. The molecule has 1 aromatic rings. The average Bonchev–Trinajstić information content (AvgIpc) is 2.27. The highest BCUT2D eigenvalue weighted by atomic mass is 32.2. The van der Waals surface area contributed by atoms with Gasteiger partial charge in [-0.3, -0.25) is 15.1 Å². The summed E-state index contributed by atoms with van der Waals surface area (Å²) in [7, 11) is -3.59. The molecule has 0 bridgehead atoms. The minimum atomic E-state index is -3.59. The molecule has 0 aliphatic carbocycles. The largest absolute Gasteiger partial charge is 0.398 e. The summed E-state index contributed by atoms with van der Waals surface area (Å²) >= 11 is 0. The minimum Gasteiger partial charge on any atom is -0.398 e. The lowest BCUT2D eigenvalue weighted by molar-refractivity contribution is -0.120. The van der Waals surface area contributed by atoms with E-state index in [2.05, 4.69) is 15.6 Å². The van der Waals surface area contributed by atoms with Gasteiger partial charge in [0.15, 0.2) is 9.84 Å². The number of rotatable bonds is 6. The summed E-state index contributed by atoms with van der Waals surface area (Å²) in [6.45, 7) is 3.58. The second-order valence-electron chi connectivity index (χ2n) is 4.32. The zero-order chi connectivity index (χ0) is 14.5. The molecule has 4 N–H and O–H groups in total. The van der Waals surface area contributed by atoms with Crippen LogP contribution < -0.4 is 16.4 Å². The standard InChI is InChI=1S/C11H18N4O3S/c1-8(2)15-11(16)6-14-7-19(17,18)10-5-13-4-3-9(10)12/h3-5,8,14H,6-7H2,1-2H3,(H2,12,13)(H,15,16). The van der Waals surface area contributed by atoms with Gasteiger partial charge < -0.3 is 11.1 Å². The van der Waals surface area contributed by atoms with E-state index in [9.17, 15) is 13.2 Å². The third-order valence-electron chi connectivity index (χ3n) is 2.18. The number of pyridine rings is 1. The topological polar surface area (TPSA) is 114 Å². The molecule has 0 aliphatic rings. The number of hydrogen-bond acceptors (Lipinski definition) is 6. The van der Waals surface area contributed by atoms with Crippen LogP contribution in [-0.2, 0) is 14.6 Å². The Kier molecular flexibility index (Phi) is 5.25. The Balaban J connectivity index is 2.58. The Morgan fingerprint density at radius 1 is 1.47 bits per heavy atom. The molecule has 0 aliphatic heterocycles. The number of aromatic nitrogens is 1. The van der Waals surface area contributed by atoms with Gasteiger partial charge >= 0.3 is 0 Å². The first-order valence-electron chi connectivity index (χ1n) is 5.75. The van der Waals surface area contributed by atoms with Crippen molar-refractivity contribution >= 4 is 21.4 Å².